The van der Waals surface area contributed by atoms with Crippen LogP contribution in [0.3, 0.4) is 0 Å². The summed E-state index contributed by atoms with van der Waals surface area (Å²) >= 11 is 1.89. The lowest BCUT2D eigenvalue weighted by Crippen LogP contribution is -2.17. The lowest BCUT2D eigenvalue weighted by atomic mass is 10.2. The molecule has 2 aromatic rings. The standard InChI is InChI=1S/C17H24N2OS/c1-13-15(9-17(21-13)10-18-2)12-19(3)11-14-5-7-16(20-4)8-6-14/h5-9,18H,10-12H2,1-4H3. The van der Waals surface area contributed by atoms with Crippen molar-refractivity contribution in [1.82, 2.24) is 10.2 Å². The molecular formula is C17H24N2OS. The average molecular weight is 304 g/mol. The molecule has 114 valence electrons. The van der Waals surface area contributed by atoms with Gasteiger partial charge in [-0.1, -0.05) is 12.1 Å². The van der Waals surface area contributed by atoms with Crippen LogP contribution in [-0.4, -0.2) is 26.1 Å². The number of ether oxygens (including phenoxy) is 1. The normalized spacial score (nSPS) is 11.1. The number of hydrogen-bond donors (Lipinski definition) is 1. The number of thiophene rings is 1. The van der Waals surface area contributed by atoms with Gasteiger partial charge in [-0.3, -0.25) is 4.90 Å². The summed E-state index contributed by atoms with van der Waals surface area (Å²) in [4.78, 5) is 5.17. The molecule has 0 unspecified atom stereocenters. The largest absolute Gasteiger partial charge is 0.497 e. The van der Waals surface area contributed by atoms with Gasteiger partial charge < -0.3 is 10.1 Å². The Morgan fingerprint density at radius 2 is 1.90 bits per heavy atom. The molecule has 0 saturated carbocycles. The first-order valence-electron chi connectivity index (χ1n) is 7.16. The number of nitrogens with one attached hydrogen (secondary N) is 1. The van der Waals surface area contributed by atoms with Gasteiger partial charge in [-0.25, -0.2) is 0 Å². The van der Waals surface area contributed by atoms with Gasteiger partial charge in [-0.05, 0) is 50.3 Å². The SMILES string of the molecule is CNCc1cc(CN(C)Cc2ccc(OC)cc2)c(C)s1. The van der Waals surface area contributed by atoms with Crippen LogP contribution in [0.4, 0.5) is 0 Å². The van der Waals surface area contributed by atoms with Crippen LogP contribution in [0.15, 0.2) is 30.3 Å². The Morgan fingerprint density at radius 1 is 1.19 bits per heavy atom. The smallest absolute Gasteiger partial charge is 0.118 e. The lowest BCUT2D eigenvalue weighted by Gasteiger charge is -2.16. The molecule has 0 radical (unpaired) electrons. The van der Waals surface area contributed by atoms with Crippen molar-refractivity contribution in [3.63, 3.8) is 0 Å². The van der Waals surface area contributed by atoms with E-state index in [0.717, 1.165) is 25.4 Å². The maximum Gasteiger partial charge on any atom is 0.118 e. The summed E-state index contributed by atoms with van der Waals surface area (Å²) in [5.74, 6) is 0.909. The van der Waals surface area contributed by atoms with Gasteiger partial charge in [-0.15, -0.1) is 11.3 Å². The van der Waals surface area contributed by atoms with Crippen molar-refractivity contribution < 1.29 is 4.74 Å². The van der Waals surface area contributed by atoms with E-state index in [4.69, 9.17) is 4.74 Å². The van der Waals surface area contributed by atoms with Crippen LogP contribution in [0.1, 0.15) is 20.9 Å². The minimum atomic E-state index is 0.909. The van der Waals surface area contributed by atoms with Gasteiger partial charge in [0.15, 0.2) is 0 Å². The van der Waals surface area contributed by atoms with Gasteiger partial charge in [0.05, 0.1) is 7.11 Å². The summed E-state index contributed by atoms with van der Waals surface area (Å²) in [5, 5.41) is 3.21. The second-order valence-electron chi connectivity index (χ2n) is 5.34. The highest BCUT2D eigenvalue weighted by Crippen LogP contribution is 2.23. The van der Waals surface area contributed by atoms with Gasteiger partial charge in [0.1, 0.15) is 5.75 Å². The van der Waals surface area contributed by atoms with Crippen molar-refractivity contribution in [3.8, 4) is 5.75 Å². The van der Waals surface area contributed by atoms with Crippen LogP contribution in [0.5, 0.6) is 5.75 Å². The summed E-state index contributed by atoms with van der Waals surface area (Å²) in [7, 11) is 5.85. The van der Waals surface area contributed by atoms with Crippen LogP contribution in [-0.2, 0) is 19.6 Å². The third kappa shape index (κ3) is 4.56. The predicted molar refractivity (Wildman–Crippen MR) is 90.0 cm³/mol. The molecule has 0 aliphatic carbocycles. The van der Waals surface area contributed by atoms with Crippen molar-refractivity contribution in [1.29, 1.82) is 0 Å². The molecule has 0 amide bonds. The Labute approximate surface area is 131 Å². The van der Waals surface area contributed by atoms with Crippen molar-refractivity contribution in [2.45, 2.75) is 26.6 Å². The molecule has 0 spiro atoms. The lowest BCUT2D eigenvalue weighted by molar-refractivity contribution is 0.318. The Hall–Kier alpha value is -1.36. The number of benzene rings is 1. The second-order valence-corrected chi connectivity index (χ2v) is 6.69. The molecule has 1 heterocycles. The van der Waals surface area contributed by atoms with Crippen LogP contribution in [0.2, 0.25) is 0 Å². The van der Waals surface area contributed by atoms with E-state index in [1.54, 1.807) is 7.11 Å². The zero-order valence-electron chi connectivity index (χ0n) is 13.3. The minimum Gasteiger partial charge on any atom is -0.497 e. The molecule has 0 saturated heterocycles. The molecule has 0 aliphatic rings. The van der Waals surface area contributed by atoms with E-state index in [-0.39, 0.29) is 0 Å². The summed E-state index contributed by atoms with van der Waals surface area (Å²) in [6.07, 6.45) is 0. The van der Waals surface area contributed by atoms with Gasteiger partial charge in [-0.2, -0.15) is 0 Å². The van der Waals surface area contributed by atoms with Crippen LogP contribution in [0.25, 0.3) is 0 Å². The first-order valence-corrected chi connectivity index (χ1v) is 7.98. The van der Waals surface area contributed by atoms with Gasteiger partial charge >= 0.3 is 0 Å². The van der Waals surface area contributed by atoms with E-state index in [0.29, 0.717) is 0 Å². The number of rotatable bonds is 7. The quantitative estimate of drug-likeness (QED) is 0.848. The first-order chi connectivity index (χ1) is 10.1. The fraction of sp³-hybridized carbons (Fsp3) is 0.412. The molecule has 1 aromatic heterocycles. The van der Waals surface area contributed by atoms with E-state index >= 15 is 0 Å². The number of aryl methyl sites for hydroxylation is 1. The number of nitrogens with zero attached hydrogens (tertiary/aromatic N) is 1. The highest BCUT2D eigenvalue weighted by molar-refractivity contribution is 7.12. The van der Waals surface area contributed by atoms with E-state index in [1.807, 2.05) is 30.5 Å². The Bertz CT molecular complexity index is 563. The molecule has 2 rings (SSSR count). The van der Waals surface area contributed by atoms with E-state index in [1.165, 1.54) is 20.9 Å². The van der Waals surface area contributed by atoms with E-state index in [9.17, 15) is 0 Å². The molecule has 0 bridgehead atoms. The molecular weight excluding hydrogens is 280 g/mol. The maximum atomic E-state index is 5.19. The third-order valence-electron chi connectivity index (χ3n) is 3.47. The van der Waals surface area contributed by atoms with Crippen LogP contribution >= 0.6 is 11.3 Å². The molecule has 21 heavy (non-hydrogen) atoms. The van der Waals surface area contributed by atoms with Crippen LogP contribution < -0.4 is 10.1 Å². The summed E-state index contributed by atoms with van der Waals surface area (Å²) in [5.41, 5.74) is 2.74. The average Bonchev–Trinajstić information content (AvgIpc) is 2.80. The van der Waals surface area contributed by atoms with Gasteiger partial charge in [0.25, 0.3) is 0 Å². The molecule has 4 heteroatoms. The molecule has 0 aliphatic heterocycles. The zero-order valence-corrected chi connectivity index (χ0v) is 14.1. The zero-order chi connectivity index (χ0) is 15.2. The Balaban J connectivity index is 1.95. The molecule has 1 N–H and O–H groups in total. The van der Waals surface area contributed by atoms with Crippen molar-refractivity contribution in [2.24, 2.45) is 0 Å². The summed E-state index contributed by atoms with van der Waals surface area (Å²) in [6.45, 7) is 5.09. The van der Waals surface area contributed by atoms with Crippen molar-refractivity contribution in [3.05, 3.63) is 51.2 Å². The predicted octanol–water partition coefficient (Wildman–Crippen LogP) is 3.42. The topological polar surface area (TPSA) is 24.5 Å². The molecule has 0 fully saturated rings. The van der Waals surface area contributed by atoms with Crippen molar-refractivity contribution >= 4 is 11.3 Å². The highest BCUT2D eigenvalue weighted by atomic mass is 32.1. The molecule has 1 aromatic carbocycles. The fourth-order valence-corrected chi connectivity index (χ4v) is 3.46. The van der Waals surface area contributed by atoms with Crippen LogP contribution in [0, 0.1) is 6.92 Å². The number of hydrogen-bond acceptors (Lipinski definition) is 4. The fourth-order valence-electron chi connectivity index (χ4n) is 2.40. The second kappa shape index (κ2) is 7.59. The third-order valence-corrected chi connectivity index (χ3v) is 4.57. The van der Waals surface area contributed by atoms with E-state index < -0.39 is 0 Å². The maximum absolute atomic E-state index is 5.19. The molecule has 3 nitrogen and oxygen atoms in total. The van der Waals surface area contributed by atoms with Gasteiger partial charge in [0.2, 0.25) is 0 Å². The van der Waals surface area contributed by atoms with E-state index in [2.05, 4.69) is 42.4 Å². The highest BCUT2D eigenvalue weighted by Gasteiger charge is 2.08. The first kappa shape index (κ1) is 16.0. The van der Waals surface area contributed by atoms with Gasteiger partial charge in [0, 0.05) is 29.4 Å². The Kier molecular flexibility index (Phi) is 5.79. The molecule has 0 atom stereocenters. The minimum absolute atomic E-state index is 0.909. The number of methoxy groups -OCH3 is 1. The summed E-state index contributed by atoms with van der Waals surface area (Å²) in [6, 6.07) is 10.6. The summed E-state index contributed by atoms with van der Waals surface area (Å²) < 4.78 is 5.19. The Morgan fingerprint density at radius 3 is 2.52 bits per heavy atom. The van der Waals surface area contributed by atoms with Crippen molar-refractivity contribution in [2.75, 3.05) is 21.2 Å². The monoisotopic (exact) mass is 304 g/mol.